The Labute approximate surface area is 83.4 Å². The molecular weight excluding hydrogens is 186 g/mol. The fraction of sp³-hybridized carbons (Fsp3) is 0.667. The molecule has 0 aliphatic rings. The largest absolute Gasteiger partial charge is 0.463 e. The molecule has 0 aromatic heterocycles. The number of rotatable bonds is 7. The van der Waals surface area contributed by atoms with Gasteiger partial charge in [0, 0.05) is 12.1 Å². The van der Waals surface area contributed by atoms with Crippen molar-refractivity contribution in [3.8, 4) is 0 Å². The minimum atomic E-state index is -0.463. The zero-order valence-corrected chi connectivity index (χ0v) is 8.32. The lowest BCUT2D eigenvalue weighted by Crippen LogP contribution is -2.37. The first kappa shape index (κ1) is 13.1. The van der Waals surface area contributed by atoms with Crippen molar-refractivity contribution < 1.29 is 19.7 Å². The summed E-state index contributed by atoms with van der Waals surface area (Å²) < 4.78 is 4.70. The molecule has 3 N–H and O–H groups in total. The van der Waals surface area contributed by atoms with Crippen molar-refractivity contribution in [2.45, 2.75) is 13.0 Å². The quantitative estimate of drug-likeness (QED) is 0.367. The molecule has 0 unspecified atom stereocenters. The molecule has 0 spiro atoms. The van der Waals surface area contributed by atoms with Crippen molar-refractivity contribution in [2.75, 3.05) is 26.4 Å². The Morgan fingerprint density at radius 3 is 2.50 bits per heavy atom. The van der Waals surface area contributed by atoms with Gasteiger partial charge in [-0.05, 0) is 6.92 Å². The fourth-order valence-electron chi connectivity index (χ4n) is 0.760. The van der Waals surface area contributed by atoms with Gasteiger partial charge in [-0.3, -0.25) is 0 Å². The van der Waals surface area contributed by atoms with Gasteiger partial charge in [-0.1, -0.05) is 6.58 Å². The van der Waals surface area contributed by atoms with Crippen LogP contribution in [0.3, 0.4) is 0 Å². The lowest BCUT2D eigenvalue weighted by Gasteiger charge is -2.13. The highest BCUT2D eigenvalue weighted by molar-refractivity contribution is 5.88. The van der Waals surface area contributed by atoms with Gasteiger partial charge in [0.2, 0.25) is 0 Å². The van der Waals surface area contributed by atoms with Gasteiger partial charge in [0.25, 0.3) is 0 Å². The maximum atomic E-state index is 11.0. The molecule has 14 heavy (non-hydrogen) atoms. The van der Waals surface area contributed by atoms with Crippen molar-refractivity contribution in [3.63, 3.8) is 0 Å². The molecule has 0 aromatic carbocycles. The molecule has 0 aliphatic carbocycles. The SMILES string of the molecule is C=C(CNC(CO)CO)C(=O)OCC. The van der Waals surface area contributed by atoms with E-state index in [1.807, 2.05) is 0 Å². The number of aliphatic hydroxyl groups excluding tert-OH is 2. The van der Waals surface area contributed by atoms with E-state index in [2.05, 4.69) is 11.9 Å². The summed E-state index contributed by atoms with van der Waals surface area (Å²) in [4.78, 5) is 11.0. The van der Waals surface area contributed by atoms with Crippen molar-refractivity contribution in [3.05, 3.63) is 12.2 Å². The Hall–Kier alpha value is -0.910. The number of nitrogens with one attached hydrogen (secondary N) is 1. The third kappa shape index (κ3) is 4.96. The van der Waals surface area contributed by atoms with Crippen LogP contribution in [-0.4, -0.2) is 48.6 Å². The van der Waals surface area contributed by atoms with E-state index in [4.69, 9.17) is 14.9 Å². The normalized spacial score (nSPS) is 10.3. The molecule has 0 fully saturated rings. The van der Waals surface area contributed by atoms with Crippen LogP contribution < -0.4 is 5.32 Å². The molecule has 0 saturated carbocycles. The summed E-state index contributed by atoms with van der Waals surface area (Å²) in [6, 6.07) is -0.429. The number of aliphatic hydroxyl groups is 2. The van der Waals surface area contributed by atoms with Crippen LogP contribution in [0.15, 0.2) is 12.2 Å². The summed E-state index contributed by atoms with van der Waals surface area (Å²) >= 11 is 0. The first-order valence-electron chi connectivity index (χ1n) is 4.45. The predicted molar refractivity (Wildman–Crippen MR) is 51.7 cm³/mol. The number of carbonyl (C=O) groups excluding carboxylic acids is 1. The second kappa shape index (κ2) is 7.49. The molecule has 0 atom stereocenters. The van der Waals surface area contributed by atoms with Crippen LogP contribution in [0.4, 0.5) is 0 Å². The van der Waals surface area contributed by atoms with Gasteiger partial charge in [-0.15, -0.1) is 0 Å². The van der Waals surface area contributed by atoms with E-state index in [1.54, 1.807) is 6.92 Å². The highest BCUT2D eigenvalue weighted by atomic mass is 16.5. The lowest BCUT2D eigenvalue weighted by atomic mass is 10.2. The third-order valence-corrected chi connectivity index (χ3v) is 1.61. The maximum absolute atomic E-state index is 11.0. The van der Waals surface area contributed by atoms with Crippen LogP contribution in [0.5, 0.6) is 0 Å². The Kier molecular flexibility index (Phi) is 7.00. The van der Waals surface area contributed by atoms with Crippen LogP contribution in [0.2, 0.25) is 0 Å². The average molecular weight is 203 g/mol. The lowest BCUT2D eigenvalue weighted by molar-refractivity contribution is -0.138. The van der Waals surface area contributed by atoms with Crippen LogP contribution in [-0.2, 0) is 9.53 Å². The molecule has 0 amide bonds. The zero-order chi connectivity index (χ0) is 11.0. The molecule has 0 bridgehead atoms. The highest BCUT2D eigenvalue weighted by Gasteiger charge is 2.10. The van der Waals surface area contributed by atoms with Crippen LogP contribution in [0.1, 0.15) is 6.92 Å². The Morgan fingerprint density at radius 2 is 2.07 bits per heavy atom. The molecule has 0 saturated heterocycles. The Bertz CT molecular complexity index is 189. The van der Waals surface area contributed by atoms with E-state index in [1.165, 1.54) is 0 Å². The van der Waals surface area contributed by atoms with Crippen molar-refractivity contribution in [2.24, 2.45) is 0 Å². The number of carbonyl (C=O) groups is 1. The van der Waals surface area contributed by atoms with Crippen LogP contribution in [0.25, 0.3) is 0 Å². The van der Waals surface area contributed by atoms with Gasteiger partial charge in [-0.25, -0.2) is 4.79 Å². The van der Waals surface area contributed by atoms with Crippen molar-refractivity contribution >= 4 is 5.97 Å². The first-order chi connectivity index (χ1) is 6.65. The molecular formula is C9H17NO4. The molecule has 5 heteroatoms. The minimum absolute atomic E-state index is 0.188. The molecule has 0 aromatic rings. The van der Waals surface area contributed by atoms with E-state index in [9.17, 15) is 4.79 Å². The second-order valence-electron chi connectivity index (χ2n) is 2.77. The van der Waals surface area contributed by atoms with Gasteiger partial charge in [-0.2, -0.15) is 0 Å². The smallest absolute Gasteiger partial charge is 0.334 e. The van der Waals surface area contributed by atoms with E-state index in [0.29, 0.717) is 6.61 Å². The highest BCUT2D eigenvalue weighted by Crippen LogP contribution is 1.93. The topological polar surface area (TPSA) is 78.8 Å². The molecule has 5 nitrogen and oxygen atoms in total. The van der Waals surface area contributed by atoms with Gasteiger partial charge in [0.15, 0.2) is 0 Å². The summed E-state index contributed by atoms with van der Waals surface area (Å²) in [5, 5.41) is 20.2. The average Bonchev–Trinajstić information content (AvgIpc) is 2.19. The minimum Gasteiger partial charge on any atom is -0.463 e. The number of hydrogen-bond acceptors (Lipinski definition) is 5. The van der Waals surface area contributed by atoms with E-state index in [-0.39, 0.29) is 25.3 Å². The van der Waals surface area contributed by atoms with Gasteiger partial charge in [0.05, 0.1) is 25.9 Å². The maximum Gasteiger partial charge on any atom is 0.334 e. The summed E-state index contributed by atoms with van der Waals surface area (Å²) in [6.07, 6.45) is 0. The van der Waals surface area contributed by atoms with Gasteiger partial charge in [0.1, 0.15) is 0 Å². The standard InChI is InChI=1S/C9H17NO4/c1-3-14-9(13)7(2)4-10-8(5-11)6-12/h8,10-12H,2-6H2,1H3. The summed E-state index contributed by atoms with van der Waals surface area (Å²) in [7, 11) is 0. The molecule has 82 valence electrons. The molecule has 0 aliphatic heterocycles. The summed E-state index contributed by atoms with van der Waals surface area (Å²) in [6.45, 7) is 5.35. The Morgan fingerprint density at radius 1 is 1.50 bits per heavy atom. The number of hydrogen-bond donors (Lipinski definition) is 3. The second-order valence-corrected chi connectivity index (χ2v) is 2.77. The van der Waals surface area contributed by atoms with E-state index < -0.39 is 12.0 Å². The third-order valence-electron chi connectivity index (χ3n) is 1.61. The van der Waals surface area contributed by atoms with E-state index >= 15 is 0 Å². The fourth-order valence-corrected chi connectivity index (χ4v) is 0.760. The first-order valence-corrected chi connectivity index (χ1v) is 4.45. The summed E-state index contributed by atoms with van der Waals surface area (Å²) in [5.41, 5.74) is 0.277. The summed E-state index contributed by atoms with van der Waals surface area (Å²) in [5.74, 6) is -0.463. The zero-order valence-electron chi connectivity index (χ0n) is 8.32. The predicted octanol–water partition coefficient (Wildman–Crippen LogP) is -0.952. The number of ether oxygens (including phenoxy) is 1. The Balaban J connectivity index is 3.77. The van der Waals surface area contributed by atoms with Gasteiger partial charge < -0.3 is 20.3 Å². The molecule has 0 radical (unpaired) electrons. The monoisotopic (exact) mass is 203 g/mol. The van der Waals surface area contributed by atoms with Crippen LogP contribution in [0, 0.1) is 0 Å². The molecule has 0 rings (SSSR count). The van der Waals surface area contributed by atoms with Crippen LogP contribution >= 0.6 is 0 Å². The van der Waals surface area contributed by atoms with E-state index in [0.717, 1.165) is 0 Å². The van der Waals surface area contributed by atoms with Crippen molar-refractivity contribution in [1.29, 1.82) is 0 Å². The van der Waals surface area contributed by atoms with Gasteiger partial charge >= 0.3 is 5.97 Å². The van der Waals surface area contributed by atoms with Crippen molar-refractivity contribution in [1.82, 2.24) is 5.32 Å². The molecule has 0 heterocycles. The number of esters is 1.